The summed E-state index contributed by atoms with van der Waals surface area (Å²) in [4.78, 5) is 11.0. The van der Waals surface area contributed by atoms with Crippen LogP contribution in [-0.4, -0.2) is 40.8 Å². The van der Waals surface area contributed by atoms with Gasteiger partial charge >= 0.3 is 0 Å². The van der Waals surface area contributed by atoms with E-state index in [1.165, 1.54) is 0 Å². The zero-order valence-corrected chi connectivity index (χ0v) is 12.5. The fraction of sp³-hybridized carbons (Fsp3) is 0.467. The van der Waals surface area contributed by atoms with Crippen molar-refractivity contribution >= 4 is 22.7 Å². The molecule has 2 aromatic rings. The lowest BCUT2D eigenvalue weighted by Gasteiger charge is -2.27. The number of nitrogens with zero attached hydrogens (tertiary/aromatic N) is 3. The van der Waals surface area contributed by atoms with Crippen molar-refractivity contribution in [1.82, 2.24) is 9.97 Å². The Balaban J connectivity index is 2.49. The second kappa shape index (κ2) is 5.63. The van der Waals surface area contributed by atoms with Crippen molar-refractivity contribution in [2.24, 2.45) is 0 Å². The van der Waals surface area contributed by atoms with E-state index in [9.17, 15) is 5.11 Å². The van der Waals surface area contributed by atoms with E-state index in [-0.39, 0.29) is 0 Å². The first kappa shape index (κ1) is 14.5. The van der Waals surface area contributed by atoms with E-state index >= 15 is 0 Å². The third-order valence-electron chi connectivity index (χ3n) is 2.90. The Kier molecular flexibility index (Phi) is 4.09. The summed E-state index contributed by atoms with van der Waals surface area (Å²) >= 11 is 0. The second-order valence-electron chi connectivity index (χ2n) is 5.59. The molecule has 1 aromatic heterocycles. The third kappa shape index (κ3) is 3.36. The predicted octanol–water partition coefficient (Wildman–Crippen LogP) is 2.27. The molecule has 0 spiro atoms. The number of rotatable bonds is 5. The molecule has 2 N–H and O–H groups in total. The van der Waals surface area contributed by atoms with Crippen molar-refractivity contribution in [1.29, 1.82) is 0 Å². The number of benzene rings is 1. The zero-order chi connectivity index (χ0) is 14.8. The Morgan fingerprint density at radius 2 is 1.95 bits per heavy atom. The number of likely N-dealkylation sites (N-methyl/N-ethyl adjacent to an activating group) is 1. The molecule has 0 amide bonds. The molecule has 5 nitrogen and oxygen atoms in total. The quantitative estimate of drug-likeness (QED) is 0.876. The molecule has 1 aromatic carbocycles. The second-order valence-corrected chi connectivity index (χ2v) is 5.59. The molecular weight excluding hydrogens is 252 g/mol. The van der Waals surface area contributed by atoms with Crippen LogP contribution in [-0.2, 0) is 0 Å². The Hall–Kier alpha value is -1.88. The number of nitrogens with one attached hydrogen (secondary N) is 1. The molecular formula is C15H22N4O. The predicted molar refractivity (Wildman–Crippen MR) is 83.3 cm³/mol. The van der Waals surface area contributed by atoms with Crippen LogP contribution in [0.2, 0.25) is 0 Å². The van der Waals surface area contributed by atoms with E-state index in [0.29, 0.717) is 12.5 Å². The van der Waals surface area contributed by atoms with E-state index in [1.807, 2.05) is 43.1 Å². The van der Waals surface area contributed by atoms with Crippen molar-refractivity contribution in [2.45, 2.75) is 26.4 Å². The van der Waals surface area contributed by atoms with Crippen LogP contribution < -0.4 is 10.2 Å². The lowest BCUT2D eigenvalue weighted by atomic mass is 10.1. The molecule has 0 radical (unpaired) electrons. The number of hydrogen-bond donors (Lipinski definition) is 2. The maximum absolute atomic E-state index is 9.99. The maximum atomic E-state index is 9.99. The highest BCUT2D eigenvalue weighted by atomic mass is 16.3. The number of hydrogen-bond acceptors (Lipinski definition) is 5. The van der Waals surface area contributed by atoms with Crippen LogP contribution in [0.4, 0.5) is 11.8 Å². The molecule has 5 heteroatoms. The molecule has 0 saturated heterocycles. The van der Waals surface area contributed by atoms with Gasteiger partial charge in [0.1, 0.15) is 5.82 Å². The van der Waals surface area contributed by atoms with Gasteiger partial charge < -0.3 is 15.3 Å². The van der Waals surface area contributed by atoms with Gasteiger partial charge in [-0.2, -0.15) is 4.98 Å². The van der Waals surface area contributed by atoms with E-state index in [4.69, 9.17) is 0 Å². The molecule has 0 aliphatic rings. The lowest BCUT2D eigenvalue weighted by Crippen LogP contribution is -2.36. The number of fused-ring (bicyclic) bond motifs is 1. The van der Waals surface area contributed by atoms with Gasteiger partial charge in [0, 0.05) is 25.5 Å². The average molecular weight is 274 g/mol. The van der Waals surface area contributed by atoms with Crippen LogP contribution in [0.25, 0.3) is 10.9 Å². The SMILES string of the molecule is CCNc1nc(N(C)CC(C)(C)O)c2ccccc2n1. The van der Waals surface area contributed by atoms with Crippen LogP contribution >= 0.6 is 0 Å². The average Bonchev–Trinajstić information content (AvgIpc) is 2.36. The molecule has 0 aliphatic heterocycles. The summed E-state index contributed by atoms with van der Waals surface area (Å²) in [5.41, 5.74) is 0.120. The van der Waals surface area contributed by atoms with Crippen molar-refractivity contribution in [3.8, 4) is 0 Å². The summed E-state index contributed by atoms with van der Waals surface area (Å²) in [6.07, 6.45) is 0. The first-order chi connectivity index (χ1) is 9.40. The van der Waals surface area contributed by atoms with Gasteiger partial charge in [0.05, 0.1) is 11.1 Å². The van der Waals surface area contributed by atoms with Gasteiger partial charge in [-0.25, -0.2) is 4.98 Å². The maximum Gasteiger partial charge on any atom is 0.225 e. The van der Waals surface area contributed by atoms with Gasteiger partial charge in [0.2, 0.25) is 5.95 Å². The van der Waals surface area contributed by atoms with E-state index < -0.39 is 5.60 Å². The molecule has 0 saturated carbocycles. The number of aliphatic hydroxyl groups is 1. The fourth-order valence-corrected chi connectivity index (χ4v) is 2.24. The molecule has 0 atom stereocenters. The largest absolute Gasteiger partial charge is 0.389 e. The van der Waals surface area contributed by atoms with Crippen molar-refractivity contribution < 1.29 is 5.11 Å². The first-order valence-corrected chi connectivity index (χ1v) is 6.85. The van der Waals surface area contributed by atoms with Gasteiger partial charge in [0.25, 0.3) is 0 Å². The van der Waals surface area contributed by atoms with Gasteiger partial charge in [-0.3, -0.25) is 0 Å². The van der Waals surface area contributed by atoms with Crippen molar-refractivity contribution in [3.63, 3.8) is 0 Å². The molecule has 20 heavy (non-hydrogen) atoms. The molecule has 108 valence electrons. The normalized spacial score (nSPS) is 11.7. The van der Waals surface area contributed by atoms with Gasteiger partial charge in [-0.1, -0.05) is 12.1 Å². The van der Waals surface area contributed by atoms with Crippen LogP contribution in [0.1, 0.15) is 20.8 Å². The highest BCUT2D eigenvalue weighted by Gasteiger charge is 2.19. The molecule has 2 rings (SSSR count). The smallest absolute Gasteiger partial charge is 0.225 e. The Morgan fingerprint density at radius 1 is 1.25 bits per heavy atom. The summed E-state index contributed by atoms with van der Waals surface area (Å²) in [5, 5.41) is 14.1. The van der Waals surface area contributed by atoms with E-state index in [0.717, 1.165) is 23.3 Å². The molecule has 0 aliphatic carbocycles. The van der Waals surface area contributed by atoms with Crippen LogP contribution in [0.3, 0.4) is 0 Å². The topological polar surface area (TPSA) is 61.3 Å². The zero-order valence-electron chi connectivity index (χ0n) is 12.5. The standard InChI is InChI=1S/C15H22N4O/c1-5-16-14-17-12-9-7-6-8-11(12)13(18-14)19(4)10-15(2,3)20/h6-9,20H,5,10H2,1-4H3,(H,16,17,18). The summed E-state index contributed by atoms with van der Waals surface area (Å²) in [6.45, 7) is 6.86. The monoisotopic (exact) mass is 274 g/mol. The van der Waals surface area contributed by atoms with Crippen LogP contribution in [0.5, 0.6) is 0 Å². The summed E-state index contributed by atoms with van der Waals surface area (Å²) in [5.74, 6) is 1.44. The minimum Gasteiger partial charge on any atom is -0.389 e. The summed E-state index contributed by atoms with van der Waals surface area (Å²) in [6, 6.07) is 7.91. The summed E-state index contributed by atoms with van der Waals surface area (Å²) in [7, 11) is 1.93. The minimum atomic E-state index is -0.779. The van der Waals surface area contributed by atoms with E-state index in [1.54, 1.807) is 13.8 Å². The molecule has 1 heterocycles. The first-order valence-electron chi connectivity index (χ1n) is 6.85. The van der Waals surface area contributed by atoms with Crippen LogP contribution in [0.15, 0.2) is 24.3 Å². The number of para-hydroxylation sites is 1. The highest BCUT2D eigenvalue weighted by molar-refractivity contribution is 5.90. The van der Waals surface area contributed by atoms with Crippen molar-refractivity contribution in [2.75, 3.05) is 30.4 Å². The Bertz CT molecular complexity index is 592. The molecule has 0 bridgehead atoms. The van der Waals surface area contributed by atoms with Crippen LogP contribution in [0, 0.1) is 0 Å². The Labute approximate surface area is 119 Å². The minimum absolute atomic E-state index is 0.500. The fourth-order valence-electron chi connectivity index (χ4n) is 2.24. The number of anilines is 2. The molecule has 0 unspecified atom stereocenters. The Morgan fingerprint density at radius 3 is 2.60 bits per heavy atom. The summed E-state index contributed by atoms with van der Waals surface area (Å²) < 4.78 is 0. The lowest BCUT2D eigenvalue weighted by molar-refractivity contribution is 0.0885. The van der Waals surface area contributed by atoms with Gasteiger partial charge in [-0.15, -0.1) is 0 Å². The van der Waals surface area contributed by atoms with Crippen molar-refractivity contribution in [3.05, 3.63) is 24.3 Å². The van der Waals surface area contributed by atoms with Gasteiger partial charge in [0.15, 0.2) is 0 Å². The highest BCUT2D eigenvalue weighted by Crippen LogP contribution is 2.25. The van der Waals surface area contributed by atoms with E-state index in [2.05, 4.69) is 15.3 Å². The third-order valence-corrected chi connectivity index (χ3v) is 2.90. The molecule has 0 fully saturated rings. The van der Waals surface area contributed by atoms with Gasteiger partial charge in [-0.05, 0) is 32.9 Å². The number of aromatic nitrogens is 2.